The molecule has 0 fully saturated rings. The summed E-state index contributed by atoms with van der Waals surface area (Å²) in [6.07, 6.45) is 103. The van der Waals surface area contributed by atoms with E-state index >= 15 is 0 Å². The molecule has 3 N–H and O–H groups in total. The van der Waals surface area contributed by atoms with Crippen molar-refractivity contribution in [2.75, 3.05) is 6.61 Å². The average molecular weight is 1080 g/mol. The summed E-state index contributed by atoms with van der Waals surface area (Å²) in [5.41, 5.74) is 0. The van der Waals surface area contributed by atoms with Gasteiger partial charge in [-0.3, -0.25) is 4.79 Å². The molecule has 0 radical (unpaired) electrons. The lowest BCUT2D eigenvalue weighted by Gasteiger charge is -2.22. The van der Waals surface area contributed by atoms with Gasteiger partial charge in [-0.05, 0) is 83.5 Å². The molecule has 0 aliphatic rings. The van der Waals surface area contributed by atoms with Crippen LogP contribution in [0.1, 0.15) is 335 Å². The molecule has 2 atom stereocenters. The number of carbonyl (C=O) groups is 1. The molecule has 0 rings (SSSR count). The standard InChI is InChI=1S/C74H131NO3/c1-3-5-7-9-11-13-15-17-19-21-23-25-27-29-31-33-35-36-37-38-40-42-44-46-48-50-52-54-56-58-60-62-64-66-68-70-74(78)75-72(71-76)73(77)69-67-65-63-61-59-57-55-53-51-49-47-45-43-41-39-34-32-30-28-26-24-22-20-18-16-14-12-10-8-6-4-2/h5,7,11,13,17,19,23,25,29,31,35-36,38,40,44,46,50,52,72-73,76-77H,3-4,6,8-10,12,14-16,18,20-22,24,26-28,30,32-34,37,39,41-43,45,47-49,51,53-71H2,1-2H3,(H,75,78)/b7-5-,13-11-,19-17-,25-23-,31-29-,36-35-,40-38-,46-44-,52-50-. The third kappa shape index (κ3) is 63.9. The molecule has 0 aliphatic heterocycles. The molecule has 0 aliphatic carbocycles. The van der Waals surface area contributed by atoms with Crippen molar-refractivity contribution in [3.63, 3.8) is 0 Å². The van der Waals surface area contributed by atoms with Crippen LogP contribution in [0.25, 0.3) is 0 Å². The summed E-state index contributed by atoms with van der Waals surface area (Å²) in [7, 11) is 0. The van der Waals surface area contributed by atoms with E-state index < -0.39 is 12.1 Å². The SMILES string of the molecule is CC/C=C\C/C=C\C/C=C\C/C=C\C/C=C\C/C=C\C/C=C\C/C=C\C/C=C\CCCCCCCCCC(=O)NC(CO)C(O)CCCCCCCCCCCCCCCCCCCCCCCCCCCCCCCCC. The van der Waals surface area contributed by atoms with E-state index in [-0.39, 0.29) is 12.5 Å². The smallest absolute Gasteiger partial charge is 0.220 e. The molecule has 0 spiro atoms. The Balaban J connectivity index is 3.52. The average Bonchev–Trinajstić information content (AvgIpc) is 3.44. The van der Waals surface area contributed by atoms with Crippen molar-refractivity contribution < 1.29 is 15.0 Å². The van der Waals surface area contributed by atoms with E-state index in [9.17, 15) is 15.0 Å². The Labute approximate surface area is 486 Å². The minimum Gasteiger partial charge on any atom is -0.394 e. The van der Waals surface area contributed by atoms with E-state index in [1.807, 2.05) is 0 Å². The van der Waals surface area contributed by atoms with Crippen LogP contribution < -0.4 is 5.32 Å². The Morgan fingerprint density at radius 2 is 0.564 bits per heavy atom. The zero-order valence-corrected chi connectivity index (χ0v) is 51.9. The number of allylic oxidation sites excluding steroid dienone is 18. The molecule has 0 heterocycles. The number of unbranched alkanes of at least 4 members (excludes halogenated alkanes) is 37. The third-order valence-electron chi connectivity index (χ3n) is 15.3. The molecular formula is C74H131NO3. The second-order valence-corrected chi connectivity index (χ2v) is 22.9. The molecule has 4 heteroatoms. The van der Waals surface area contributed by atoms with Crippen molar-refractivity contribution in [1.29, 1.82) is 0 Å². The quantitative estimate of drug-likeness (QED) is 0.0420. The number of carbonyl (C=O) groups excluding carboxylic acids is 1. The largest absolute Gasteiger partial charge is 0.394 e. The summed E-state index contributed by atoms with van der Waals surface area (Å²) in [6, 6.07) is -0.552. The molecule has 0 aromatic carbocycles. The maximum Gasteiger partial charge on any atom is 0.220 e. The zero-order valence-electron chi connectivity index (χ0n) is 51.9. The van der Waals surface area contributed by atoms with E-state index in [0.717, 1.165) is 96.3 Å². The fraction of sp³-hybridized carbons (Fsp3) is 0.743. The van der Waals surface area contributed by atoms with E-state index in [4.69, 9.17) is 0 Å². The van der Waals surface area contributed by atoms with Crippen molar-refractivity contribution in [2.45, 2.75) is 347 Å². The Bertz CT molecular complexity index is 1460. The molecule has 2 unspecified atom stereocenters. The third-order valence-corrected chi connectivity index (χ3v) is 15.3. The van der Waals surface area contributed by atoms with Crippen molar-refractivity contribution in [1.82, 2.24) is 5.32 Å². The zero-order chi connectivity index (χ0) is 56.2. The molecule has 0 aromatic rings. The summed E-state index contributed by atoms with van der Waals surface area (Å²) in [5.74, 6) is -0.0427. The molecule has 78 heavy (non-hydrogen) atoms. The summed E-state index contributed by atoms with van der Waals surface area (Å²) in [4.78, 5) is 12.6. The van der Waals surface area contributed by atoms with Crippen LogP contribution in [0.2, 0.25) is 0 Å². The predicted octanol–water partition coefficient (Wildman–Crippen LogP) is 23.4. The first-order valence-corrected chi connectivity index (χ1v) is 34.1. The van der Waals surface area contributed by atoms with Gasteiger partial charge in [-0.2, -0.15) is 0 Å². The second kappa shape index (κ2) is 68.3. The minimum absolute atomic E-state index is 0.0427. The first-order valence-electron chi connectivity index (χ1n) is 34.1. The van der Waals surface area contributed by atoms with Crippen LogP contribution in [0.5, 0.6) is 0 Å². The van der Waals surface area contributed by atoms with E-state index in [0.29, 0.717) is 12.8 Å². The summed E-state index contributed by atoms with van der Waals surface area (Å²) >= 11 is 0. The van der Waals surface area contributed by atoms with E-state index in [1.165, 1.54) is 212 Å². The van der Waals surface area contributed by atoms with Crippen LogP contribution in [-0.2, 0) is 4.79 Å². The number of hydrogen-bond donors (Lipinski definition) is 3. The highest BCUT2D eigenvalue weighted by atomic mass is 16.3. The molecular weight excluding hydrogens is 951 g/mol. The monoisotopic (exact) mass is 1080 g/mol. The number of rotatable bonds is 62. The maximum atomic E-state index is 12.6. The van der Waals surface area contributed by atoms with Gasteiger partial charge in [0.1, 0.15) is 0 Å². The summed E-state index contributed by atoms with van der Waals surface area (Å²) < 4.78 is 0. The fourth-order valence-electron chi connectivity index (χ4n) is 10.2. The van der Waals surface area contributed by atoms with E-state index in [1.54, 1.807) is 0 Å². The Morgan fingerprint density at radius 3 is 0.846 bits per heavy atom. The Hall–Kier alpha value is -2.95. The number of aliphatic hydroxyl groups is 2. The summed E-state index contributed by atoms with van der Waals surface area (Å²) in [6.45, 7) is 4.26. The van der Waals surface area contributed by atoms with Crippen LogP contribution in [0.4, 0.5) is 0 Å². The minimum atomic E-state index is -0.674. The highest BCUT2D eigenvalue weighted by Gasteiger charge is 2.20. The van der Waals surface area contributed by atoms with Crippen molar-refractivity contribution in [3.05, 3.63) is 109 Å². The predicted molar refractivity (Wildman–Crippen MR) is 349 cm³/mol. The normalized spacial score (nSPS) is 13.4. The Kier molecular flexibility index (Phi) is 65.7. The van der Waals surface area contributed by atoms with Gasteiger partial charge in [-0.15, -0.1) is 0 Å². The molecule has 450 valence electrons. The highest BCUT2D eigenvalue weighted by Crippen LogP contribution is 2.18. The van der Waals surface area contributed by atoms with Gasteiger partial charge in [0.25, 0.3) is 0 Å². The van der Waals surface area contributed by atoms with E-state index in [2.05, 4.69) is 129 Å². The van der Waals surface area contributed by atoms with Gasteiger partial charge in [0, 0.05) is 6.42 Å². The molecule has 4 nitrogen and oxygen atoms in total. The topological polar surface area (TPSA) is 69.6 Å². The van der Waals surface area contributed by atoms with Gasteiger partial charge in [0.05, 0.1) is 18.8 Å². The fourth-order valence-corrected chi connectivity index (χ4v) is 10.2. The van der Waals surface area contributed by atoms with Gasteiger partial charge in [0.2, 0.25) is 5.91 Å². The van der Waals surface area contributed by atoms with Gasteiger partial charge in [-0.25, -0.2) is 0 Å². The van der Waals surface area contributed by atoms with Gasteiger partial charge >= 0.3 is 0 Å². The molecule has 1 amide bonds. The number of hydrogen-bond acceptors (Lipinski definition) is 3. The first-order chi connectivity index (χ1) is 38.7. The van der Waals surface area contributed by atoms with Crippen LogP contribution in [0, 0.1) is 0 Å². The Morgan fingerprint density at radius 1 is 0.321 bits per heavy atom. The molecule has 0 aromatic heterocycles. The molecule has 0 saturated carbocycles. The van der Waals surface area contributed by atoms with Crippen molar-refractivity contribution in [2.24, 2.45) is 0 Å². The lowest BCUT2D eigenvalue weighted by atomic mass is 10.0. The van der Waals surface area contributed by atoms with Crippen LogP contribution >= 0.6 is 0 Å². The molecule has 0 bridgehead atoms. The van der Waals surface area contributed by atoms with Crippen LogP contribution in [-0.4, -0.2) is 34.9 Å². The summed E-state index contributed by atoms with van der Waals surface area (Å²) in [5, 5.41) is 23.5. The van der Waals surface area contributed by atoms with Crippen LogP contribution in [0.15, 0.2) is 109 Å². The van der Waals surface area contributed by atoms with Gasteiger partial charge in [0.15, 0.2) is 0 Å². The lowest BCUT2D eigenvalue weighted by molar-refractivity contribution is -0.123. The number of aliphatic hydroxyl groups excluding tert-OH is 2. The maximum absolute atomic E-state index is 12.6. The second-order valence-electron chi connectivity index (χ2n) is 22.9. The number of nitrogens with one attached hydrogen (secondary N) is 1. The van der Waals surface area contributed by atoms with Crippen molar-refractivity contribution in [3.8, 4) is 0 Å². The van der Waals surface area contributed by atoms with Crippen molar-refractivity contribution >= 4 is 5.91 Å². The van der Waals surface area contributed by atoms with Crippen LogP contribution in [0.3, 0.4) is 0 Å². The lowest BCUT2D eigenvalue weighted by Crippen LogP contribution is -2.45. The first kappa shape index (κ1) is 75.0. The van der Waals surface area contributed by atoms with Gasteiger partial charge < -0.3 is 15.5 Å². The highest BCUT2D eigenvalue weighted by molar-refractivity contribution is 5.76. The molecule has 0 saturated heterocycles. The number of amides is 1. The van der Waals surface area contributed by atoms with Gasteiger partial charge in [-0.1, -0.05) is 354 Å².